The summed E-state index contributed by atoms with van der Waals surface area (Å²) in [5.74, 6) is 1.02. The van der Waals surface area contributed by atoms with Crippen molar-refractivity contribution in [3.63, 3.8) is 0 Å². The highest BCUT2D eigenvalue weighted by atomic mass is 35.5. The maximum Gasteiger partial charge on any atom is 0.232 e. The van der Waals surface area contributed by atoms with Crippen molar-refractivity contribution in [2.45, 2.75) is 25.3 Å². The molecule has 1 heterocycles. The highest BCUT2D eigenvalue weighted by Gasteiger charge is 2.36. The monoisotopic (exact) mass is 389 g/mol. The van der Waals surface area contributed by atoms with E-state index in [-0.39, 0.29) is 18.2 Å². The van der Waals surface area contributed by atoms with E-state index in [9.17, 15) is 9.90 Å². The molecule has 7 heteroatoms. The average Bonchev–Trinajstić information content (AvgIpc) is 3.31. The molecule has 0 aliphatic heterocycles. The van der Waals surface area contributed by atoms with Crippen LogP contribution in [0.5, 0.6) is 5.88 Å². The Morgan fingerprint density at radius 3 is 2.96 bits per heavy atom. The fraction of sp³-hybridized carbons (Fsp3) is 0.368. The van der Waals surface area contributed by atoms with Gasteiger partial charge in [-0.25, -0.2) is 0 Å². The highest BCUT2D eigenvalue weighted by Crippen LogP contribution is 2.41. The number of fused-ring (bicyclic) bond motifs is 2. The molecule has 0 saturated heterocycles. The van der Waals surface area contributed by atoms with Gasteiger partial charge in [-0.2, -0.15) is 4.98 Å². The number of thiazole rings is 1. The van der Waals surface area contributed by atoms with Crippen LogP contribution in [0.25, 0.3) is 0 Å². The van der Waals surface area contributed by atoms with Crippen molar-refractivity contribution in [3.05, 3.63) is 46.3 Å². The van der Waals surface area contributed by atoms with Crippen LogP contribution in [0.15, 0.2) is 36.4 Å². The number of halogens is 1. The lowest BCUT2D eigenvalue weighted by molar-refractivity contribution is -0.117. The molecule has 0 radical (unpaired) electrons. The van der Waals surface area contributed by atoms with Crippen LogP contribution in [0.4, 0.5) is 10.8 Å². The number of hydrogen-bond acceptors (Lipinski definition) is 5. The van der Waals surface area contributed by atoms with E-state index in [1.165, 1.54) is 17.8 Å². The van der Waals surface area contributed by atoms with E-state index >= 15 is 0 Å². The molecule has 1 saturated carbocycles. The molecule has 136 valence electrons. The smallest absolute Gasteiger partial charge is 0.232 e. The van der Waals surface area contributed by atoms with Crippen molar-refractivity contribution < 1.29 is 9.90 Å². The first kappa shape index (κ1) is 17.4. The van der Waals surface area contributed by atoms with Crippen LogP contribution in [0.3, 0.4) is 0 Å². The van der Waals surface area contributed by atoms with Crippen LogP contribution < -0.4 is 10.2 Å². The van der Waals surface area contributed by atoms with Gasteiger partial charge in [0.25, 0.3) is 0 Å². The molecule has 3 unspecified atom stereocenters. The zero-order valence-corrected chi connectivity index (χ0v) is 15.9. The van der Waals surface area contributed by atoms with Gasteiger partial charge in [0.1, 0.15) is 0 Å². The van der Waals surface area contributed by atoms with E-state index in [1.807, 2.05) is 6.07 Å². The van der Waals surface area contributed by atoms with E-state index in [4.69, 9.17) is 11.6 Å². The number of likely N-dealkylation sites (N-methyl/N-ethyl adjacent to an activating group) is 1. The largest absolute Gasteiger partial charge is 0.492 e. The van der Waals surface area contributed by atoms with Crippen LogP contribution in [-0.2, 0) is 11.2 Å². The first-order chi connectivity index (χ1) is 12.5. The Balaban J connectivity index is 1.42. The van der Waals surface area contributed by atoms with E-state index in [0.717, 1.165) is 12.1 Å². The molecule has 3 atom stereocenters. The summed E-state index contributed by atoms with van der Waals surface area (Å²) in [6.45, 7) is 0. The summed E-state index contributed by atoms with van der Waals surface area (Å²) in [6, 6.07) is 7.50. The molecule has 2 aliphatic carbocycles. The molecule has 1 aromatic carbocycles. The Kier molecular flexibility index (Phi) is 4.63. The Morgan fingerprint density at radius 1 is 1.42 bits per heavy atom. The molecule has 5 nitrogen and oxygen atoms in total. The summed E-state index contributed by atoms with van der Waals surface area (Å²) in [5.41, 5.74) is 0.721. The Labute approximate surface area is 161 Å². The zero-order valence-electron chi connectivity index (χ0n) is 14.4. The van der Waals surface area contributed by atoms with Crippen molar-refractivity contribution >= 4 is 39.7 Å². The number of aromatic nitrogens is 1. The van der Waals surface area contributed by atoms with Gasteiger partial charge in [0, 0.05) is 23.8 Å². The van der Waals surface area contributed by atoms with Crippen molar-refractivity contribution in [1.82, 2.24) is 4.98 Å². The average molecular weight is 390 g/mol. The van der Waals surface area contributed by atoms with Gasteiger partial charge in [-0.05, 0) is 42.9 Å². The number of rotatable bonds is 5. The number of aromatic hydroxyl groups is 1. The van der Waals surface area contributed by atoms with E-state index < -0.39 is 0 Å². The lowest BCUT2D eigenvalue weighted by atomic mass is 10.0. The van der Waals surface area contributed by atoms with E-state index in [1.54, 1.807) is 30.1 Å². The number of amides is 1. The maximum absolute atomic E-state index is 12.6. The van der Waals surface area contributed by atoms with E-state index in [0.29, 0.717) is 32.9 Å². The summed E-state index contributed by atoms with van der Waals surface area (Å²) in [7, 11) is 1.70. The standard InChI is InChI=1S/C19H20ClN3O2S/c1-23(14-4-2-3-13(20)9-14)17(24)10-16-18(25)22-19(26-16)21-15-8-11-5-6-12(15)7-11/h2-6,9,11-12,15,25H,7-8,10H2,1H3,(H,21,22). The van der Waals surface area contributed by atoms with Crippen molar-refractivity contribution in [2.75, 3.05) is 17.3 Å². The van der Waals surface area contributed by atoms with Crippen molar-refractivity contribution in [1.29, 1.82) is 0 Å². The van der Waals surface area contributed by atoms with Crippen molar-refractivity contribution in [3.8, 4) is 5.88 Å². The summed E-state index contributed by atoms with van der Waals surface area (Å²) in [5, 5.41) is 14.8. The third kappa shape index (κ3) is 3.44. The fourth-order valence-corrected chi connectivity index (χ4v) is 4.80. The number of hydrogen-bond donors (Lipinski definition) is 2. The lowest BCUT2D eigenvalue weighted by Crippen LogP contribution is -2.27. The van der Waals surface area contributed by atoms with Crippen LogP contribution >= 0.6 is 22.9 Å². The lowest BCUT2D eigenvalue weighted by Gasteiger charge is -2.18. The minimum atomic E-state index is -0.124. The summed E-state index contributed by atoms with van der Waals surface area (Å²) < 4.78 is 0. The molecule has 26 heavy (non-hydrogen) atoms. The molecule has 4 rings (SSSR count). The Bertz CT molecular complexity index is 866. The first-order valence-electron chi connectivity index (χ1n) is 8.65. The maximum atomic E-state index is 12.6. The number of carbonyl (C=O) groups is 1. The first-order valence-corrected chi connectivity index (χ1v) is 9.84. The topological polar surface area (TPSA) is 65.5 Å². The van der Waals surface area contributed by atoms with Gasteiger partial charge in [-0.1, -0.05) is 41.2 Å². The van der Waals surface area contributed by atoms with Crippen molar-refractivity contribution in [2.24, 2.45) is 11.8 Å². The van der Waals surface area contributed by atoms with Gasteiger partial charge in [0.15, 0.2) is 5.13 Å². The Morgan fingerprint density at radius 2 is 2.27 bits per heavy atom. The van der Waals surface area contributed by atoms with Gasteiger partial charge in [0.05, 0.1) is 11.3 Å². The zero-order chi connectivity index (χ0) is 18.3. The number of nitrogens with one attached hydrogen (secondary N) is 1. The van der Waals surface area contributed by atoms with Crippen LogP contribution in [-0.4, -0.2) is 29.1 Å². The number of allylic oxidation sites excluding steroid dienone is 1. The minimum absolute atomic E-state index is 0.0657. The van der Waals surface area contributed by atoms with Gasteiger partial charge < -0.3 is 15.3 Å². The quantitative estimate of drug-likeness (QED) is 0.756. The van der Waals surface area contributed by atoms with Crippen LogP contribution in [0, 0.1) is 11.8 Å². The predicted molar refractivity (Wildman–Crippen MR) is 105 cm³/mol. The third-order valence-corrected chi connectivity index (χ3v) is 6.36. The molecule has 2 N–H and O–H groups in total. The molecule has 2 aromatic rings. The Hall–Kier alpha value is -2.05. The second kappa shape index (κ2) is 6.93. The van der Waals surface area contributed by atoms with Crippen LogP contribution in [0.1, 0.15) is 17.7 Å². The molecule has 1 fully saturated rings. The predicted octanol–water partition coefficient (Wildman–Crippen LogP) is 4.08. The molecule has 1 amide bonds. The van der Waals surface area contributed by atoms with Gasteiger partial charge in [-0.3, -0.25) is 4.79 Å². The summed E-state index contributed by atoms with van der Waals surface area (Å²) in [6.07, 6.45) is 6.96. The number of benzene rings is 1. The van der Waals surface area contributed by atoms with E-state index in [2.05, 4.69) is 22.5 Å². The van der Waals surface area contributed by atoms with Crippen LogP contribution in [0.2, 0.25) is 5.02 Å². The second-order valence-electron chi connectivity index (χ2n) is 6.91. The summed E-state index contributed by atoms with van der Waals surface area (Å²) >= 11 is 7.34. The minimum Gasteiger partial charge on any atom is -0.492 e. The molecular weight excluding hydrogens is 370 g/mol. The molecule has 0 spiro atoms. The number of anilines is 2. The number of carbonyl (C=O) groups excluding carboxylic acids is 1. The molecule has 2 bridgehead atoms. The van der Waals surface area contributed by atoms with Gasteiger partial charge >= 0.3 is 0 Å². The third-order valence-electron chi connectivity index (χ3n) is 5.15. The SMILES string of the molecule is CN(C(=O)Cc1sc(NC2CC3C=CC2C3)nc1O)c1cccc(Cl)c1. The van der Waals surface area contributed by atoms with Gasteiger partial charge in [0.2, 0.25) is 11.8 Å². The molecular formula is C19H20ClN3O2S. The molecule has 2 aliphatic rings. The number of nitrogens with zero attached hydrogens (tertiary/aromatic N) is 2. The fourth-order valence-electron chi connectivity index (χ4n) is 3.71. The summed E-state index contributed by atoms with van der Waals surface area (Å²) in [4.78, 5) is 18.9. The second-order valence-corrected chi connectivity index (χ2v) is 8.43. The normalized spacial score (nSPS) is 23.4. The highest BCUT2D eigenvalue weighted by molar-refractivity contribution is 7.16. The molecule has 1 aromatic heterocycles. The van der Waals surface area contributed by atoms with Gasteiger partial charge in [-0.15, -0.1) is 0 Å².